The van der Waals surface area contributed by atoms with Gasteiger partial charge in [-0.25, -0.2) is 4.98 Å². The maximum absolute atomic E-state index is 12.9. The molecular weight excluding hydrogens is 532 g/mol. The van der Waals surface area contributed by atoms with Crippen molar-refractivity contribution in [1.82, 2.24) is 20.2 Å². The molecule has 3 amide bonds. The lowest BCUT2D eigenvalue weighted by Crippen LogP contribution is -2.37. The van der Waals surface area contributed by atoms with Crippen molar-refractivity contribution in [2.75, 3.05) is 6.61 Å². The first-order chi connectivity index (χ1) is 19.1. The first kappa shape index (κ1) is 29.3. The number of halogens is 1. The number of hydrogen-bond donors (Lipinski definition) is 3. The summed E-state index contributed by atoms with van der Waals surface area (Å²) in [5.41, 5.74) is 2.85. The number of ether oxygens (including phenoxy) is 1. The van der Waals surface area contributed by atoms with Crippen molar-refractivity contribution in [3.63, 3.8) is 0 Å². The van der Waals surface area contributed by atoms with Gasteiger partial charge in [0.05, 0.1) is 16.8 Å². The molecule has 1 atom stereocenters. The van der Waals surface area contributed by atoms with Gasteiger partial charge in [-0.3, -0.25) is 19.7 Å². The summed E-state index contributed by atoms with van der Waals surface area (Å²) in [6, 6.07) is 12.3. The molecule has 1 saturated carbocycles. The van der Waals surface area contributed by atoms with Crippen LogP contribution < -0.4 is 15.4 Å². The second kappa shape index (κ2) is 13.1. The summed E-state index contributed by atoms with van der Waals surface area (Å²) in [6.45, 7) is 5.71. The Labute approximate surface area is 238 Å². The number of imide groups is 1. The minimum atomic E-state index is -0.512. The maximum Gasteiger partial charge on any atom is 0.293 e. The molecule has 1 heterocycles. The lowest BCUT2D eigenvalue weighted by atomic mass is 10.0. The van der Waals surface area contributed by atoms with Crippen molar-refractivity contribution >= 4 is 29.3 Å². The average molecular weight is 567 g/mol. The number of carbonyl (C=O) groups is 3. The van der Waals surface area contributed by atoms with Crippen molar-refractivity contribution in [3.8, 4) is 17.0 Å². The average Bonchev–Trinajstić information content (AvgIpc) is 3.61. The van der Waals surface area contributed by atoms with Crippen molar-refractivity contribution in [2.45, 2.75) is 65.1 Å². The number of rotatable bonds is 12. The zero-order chi connectivity index (χ0) is 28.8. The van der Waals surface area contributed by atoms with Crippen molar-refractivity contribution in [3.05, 3.63) is 70.6 Å². The molecule has 0 spiro atoms. The number of benzene rings is 2. The summed E-state index contributed by atoms with van der Waals surface area (Å²) in [5, 5.41) is 15.3. The number of aliphatic hydroxyl groups is 1. The number of nitrogens with one attached hydrogen (secondary N) is 2. The van der Waals surface area contributed by atoms with Crippen molar-refractivity contribution in [1.29, 1.82) is 0 Å². The zero-order valence-electron chi connectivity index (χ0n) is 22.9. The summed E-state index contributed by atoms with van der Waals surface area (Å²) >= 11 is 6.30. The molecule has 3 aromatic rings. The Morgan fingerprint density at radius 1 is 1.12 bits per heavy atom. The molecule has 1 aromatic heterocycles. The molecular formula is C30H35ClN4O5. The Kier molecular flexibility index (Phi) is 9.60. The van der Waals surface area contributed by atoms with Gasteiger partial charge in [0.15, 0.2) is 5.82 Å². The van der Waals surface area contributed by atoms with Crippen LogP contribution in [0.2, 0.25) is 5.02 Å². The molecule has 4 rings (SSSR count). The van der Waals surface area contributed by atoms with E-state index in [1.165, 1.54) is 6.92 Å². The number of amides is 3. The highest BCUT2D eigenvalue weighted by Crippen LogP contribution is 2.32. The van der Waals surface area contributed by atoms with Crippen LogP contribution in [0.4, 0.5) is 0 Å². The van der Waals surface area contributed by atoms with Gasteiger partial charge in [0.25, 0.3) is 11.8 Å². The number of nitrogens with zero attached hydrogens (tertiary/aromatic N) is 2. The Hall–Kier alpha value is -3.69. The van der Waals surface area contributed by atoms with Gasteiger partial charge in [-0.1, -0.05) is 35.9 Å². The van der Waals surface area contributed by atoms with Gasteiger partial charge in [-0.15, -0.1) is 0 Å². The number of aliphatic hydroxyl groups excluding tert-OH is 1. The zero-order valence-corrected chi connectivity index (χ0v) is 23.7. The SMILES string of the molecule is CC(=O)NC(=O)c1nc(-c2ccc(C[C@@H](CCO)NC(=O)c3ccc(OC(C)C)c(Cl)c3)cc2)cn1CC1CC1. The monoisotopic (exact) mass is 566 g/mol. The van der Waals surface area contributed by atoms with Gasteiger partial charge in [0.1, 0.15) is 5.75 Å². The van der Waals surface area contributed by atoms with Gasteiger partial charge in [-0.05, 0) is 69.2 Å². The Morgan fingerprint density at radius 2 is 1.85 bits per heavy atom. The maximum atomic E-state index is 12.9. The molecule has 1 aliphatic carbocycles. The van der Waals surface area contributed by atoms with Crippen molar-refractivity contribution in [2.24, 2.45) is 5.92 Å². The third kappa shape index (κ3) is 7.92. The van der Waals surface area contributed by atoms with Crippen LogP contribution in [0.5, 0.6) is 5.75 Å². The Balaban J connectivity index is 1.45. The molecule has 0 aliphatic heterocycles. The topological polar surface area (TPSA) is 123 Å². The van der Waals surface area contributed by atoms with E-state index < -0.39 is 11.8 Å². The van der Waals surface area contributed by atoms with Crippen LogP contribution in [-0.2, 0) is 17.8 Å². The van der Waals surface area contributed by atoms with Crippen LogP contribution in [0.15, 0.2) is 48.7 Å². The van der Waals surface area contributed by atoms with E-state index in [2.05, 4.69) is 15.6 Å². The quantitative estimate of drug-likeness (QED) is 0.299. The Bertz CT molecular complexity index is 1360. The van der Waals surface area contributed by atoms with E-state index in [1.807, 2.05) is 48.9 Å². The highest BCUT2D eigenvalue weighted by molar-refractivity contribution is 6.32. The summed E-state index contributed by atoms with van der Waals surface area (Å²) in [4.78, 5) is 41.4. The normalized spacial score (nSPS) is 13.7. The van der Waals surface area contributed by atoms with E-state index in [1.54, 1.807) is 18.2 Å². The van der Waals surface area contributed by atoms with E-state index in [9.17, 15) is 19.5 Å². The van der Waals surface area contributed by atoms with Crippen LogP contribution in [0.3, 0.4) is 0 Å². The van der Waals surface area contributed by atoms with Gasteiger partial charge in [0.2, 0.25) is 5.91 Å². The molecule has 3 N–H and O–H groups in total. The molecule has 1 aliphatic rings. The number of aromatic nitrogens is 2. The highest BCUT2D eigenvalue weighted by atomic mass is 35.5. The lowest BCUT2D eigenvalue weighted by molar-refractivity contribution is -0.118. The summed E-state index contributed by atoms with van der Waals surface area (Å²) in [7, 11) is 0. The fourth-order valence-corrected chi connectivity index (χ4v) is 4.63. The van der Waals surface area contributed by atoms with E-state index in [0.29, 0.717) is 47.3 Å². The minimum absolute atomic E-state index is 0.0378. The highest BCUT2D eigenvalue weighted by Gasteiger charge is 2.26. The largest absolute Gasteiger partial charge is 0.489 e. The first-order valence-electron chi connectivity index (χ1n) is 13.5. The van der Waals surface area contributed by atoms with Gasteiger partial charge in [-0.2, -0.15) is 0 Å². The van der Waals surface area contributed by atoms with Gasteiger partial charge in [0, 0.05) is 43.4 Å². The summed E-state index contributed by atoms with van der Waals surface area (Å²) in [6.07, 6.45) is 4.94. The van der Waals surface area contributed by atoms with E-state index in [0.717, 1.165) is 24.0 Å². The van der Waals surface area contributed by atoms with Crippen LogP contribution in [0, 0.1) is 5.92 Å². The molecule has 10 heteroatoms. The summed E-state index contributed by atoms with van der Waals surface area (Å²) < 4.78 is 7.46. The standard InChI is InChI=1S/C30H35ClN4O5/c1-18(2)40-27-11-10-23(15-25(27)31)29(38)33-24(12-13-36)14-20-6-8-22(9-7-20)26-17-35(16-21-4-5-21)28(34-26)30(39)32-19(3)37/h6-11,15,17-18,21,24,36H,4-5,12-14,16H2,1-3H3,(H,33,38)(H,32,37,39)/t24-/m1/s1. The van der Waals surface area contributed by atoms with E-state index >= 15 is 0 Å². The van der Waals surface area contributed by atoms with Crippen LogP contribution in [0.1, 0.15) is 66.6 Å². The molecule has 1 fully saturated rings. The van der Waals surface area contributed by atoms with Crippen LogP contribution in [-0.4, -0.2) is 51.1 Å². The second-order valence-electron chi connectivity index (χ2n) is 10.5. The fourth-order valence-electron chi connectivity index (χ4n) is 4.41. The molecule has 0 unspecified atom stereocenters. The van der Waals surface area contributed by atoms with Gasteiger partial charge >= 0.3 is 0 Å². The fraction of sp³-hybridized carbons (Fsp3) is 0.400. The molecule has 9 nitrogen and oxygen atoms in total. The van der Waals surface area contributed by atoms with Crippen LogP contribution >= 0.6 is 11.6 Å². The van der Waals surface area contributed by atoms with Crippen LogP contribution in [0.25, 0.3) is 11.3 Å². The molecule has 212 valence electrons. The Morgan fingerprint density at radius 3 is 2.45 bits per heavy atom. The first-order valence-corrected chi connectivity index (χ1v) is 13.9. The van der Waals surface area contributed by atoms with E-state index in [4.69, 9.17) is 16.3 Å². The smallest absolute Gasteiger partial charge is 0.293 e. The number of hydrogen-bond acceptors (Lipinski definition) is 6. The van der Waals surface area contributed by atoms with Crippen molar-refractivity contribution < 1.29 is 24.2 Å². The molecule has 0 radical (unpaired) electrons. The third-order valence-corrected chi connectivity index (χ3v) is 6.82. The third-order valence-electron chi connectivity index (χ3n) is 6.52. The number of carbonyl (C=O) groups excluding carboxylic acids is 3. The predicted molar refractivity (Wildman–Crippen MR) is 152 cm³/mol. The second-order valence-corrected chi connectivity index (χ2v) is 10.9. The molecule has 0 bridgehead atoms. The predicted octanol–water partition coefficient (Wildman–Crippen LogP) is 4.40. The number of imidazole rings is 1. The summed E-state index contributed by atoms with van der Waals surface area (Å²) in [5.74, 6) is 0.0311. The van der Waals surface area contributed by atoms with E-state index in [-0.39, 0.29) is 30.5 Å². The lowest BCUT2D eigenvalue weighted by Gasteiger charge is -2.19. The molecule has 2 aromatic carbocycles. The van der Waals surface area contributed by atoms with Gasteiger partial charge < -0.3 is 19.7 Å². The molecule has 40 heavy (non-hydrogen) atoms. The minimum Gasteiger partial charge on any atom is -0.489 e. The molecule has 0 saturated heterocycles.